The Morgan fingerprint density at radius 1 is 1.38 bits per heavy atom. The van der Waals surface area contributed by atoms with Gasteiger partial charge in [0.2, 0.25) is 0 Å². The number of amides is 1. The SMILES string of the molecule is CC(O)CNC(C)CC1CCCCN1C(=O)OC(C)(C)C. The molecule has 0 aromatic heterocycles. The number of rotatable bonds is 5. The summed E-state index contributed by atoms with van der Waals surface area (Å²) in [5, 5.41) is 12.6. The van der Waals surface area contributed by atoms with Gasteiger partial charge in [-0.15, -0.1) is 0 Å². The van der Waals surface area contributed by atoms with Gasteiger partial charge in [-0.05, 0) is 60.3 Å². The van der Waals surface area contributed by atoms with Gasteiger partial charge in [0.15, 0.2) is 0 Å². The molecule has 21 heavy (non-hydrogen) atoms. The standard InChI is InChI=1S/C16H32N2O3/c1-12(17-11-13(2)19)10-14-8-6-7-9-18(14)15(20)21-16(3,4)5/h12-14,17,19H,6-11H2,1-5H3. The molecule has 1 rings (SSSR count). The number of carbonyl (C=O) groups excluding carboxylic acids is 1. The predicted molar refractivity (Wildman–Crippen MR) is 84.3 cm³/mol. The number of aliphatic hydroxyl groups excluding tert-OH is 1. The highest BCUT2D eigenvalue weighted by molar-refractivity contribution is 5.68. The molecule has 0 radical (unpaired) electrons. The van der Waals surface area contributed by atoms with Crippen LogP contribution in [0.4, 0.5) is 4.79 Å². The van der Waals surface area contributed by atoms with Gasteiger partial charge in [0, 0.05) is 25.2 Å². The Labute approximate surface area is 129 Å². The quantitative estimate of drug-likeness (QED) is 0.819. The summed E-state index contributed by atoms with van der Waals surface area (Å²) in [6, 6.07) is 0.498. The molecular weight excluding hydrogens is 268 g/mol. The number of aliphatic hydroxyl groups is 1. The van der Waals surface area contributed by atoms with Crippen molar-refractivity contribution in [2.75, 3.05) is 13.1 Å². The zero-order valence-electron chi connectivity index (χ0n) is 14.2. The predicted octanol–water partition coefficient (Wildman–Crippen LogP) is 2.53. The topological polar surface area (TPSA) is 61.8 Å². The van der Waals surface area contributed by atoms with Crippen molar-refractivity contribution in [1.29, 1.82) is 0 Å². The molecule has 0 spiro atoms. The largest absolute Gasteiger partial charge is 0.444 e. The van der Waals surface area contributed by atoms with Crippen molar-refractivity contribution in [2.45, 2.75) is 84.1 Å². The number of nitrogens with zero attached hydrogens (tertiary/aromatic N) is 1. The molecule has 2 N–H and O–H groups in total. The summed E-state index contributed by atoms with van der Waals surface area (Å²) >= 11 is 0. The molecule has 1 amide bonds. The minimum absolute atomic E-state index is 0.199. The van der Waals surface area contributed by atoms with E-state index in [1.807, 2.05) is 25.7 Å². The van der Waals surface area contributed by atoms with Gasteiger partial charge in [0.1, 0.15) is 5.60 Å². The van der Waals surface area contributed by atoms with E-state index in [0.29, 0.717) is 6.54 Å². The van der Waals surface area contributed by atoms with E-state index in [-0.39, 0.29) is 24.3 Å². The van der Waals surface area contributed by atoms with E-state index in [4.69, 9.17) is 4.74 Å². The first kappa shape index (κ1) is 18.2. The monoisotopic (exact) mass is 300 g/mol. The van der Waals surface area contributed by atoms with Crippen molar-refractivity contribution in [1.82, 2.24) is 10.2 Å². The Bertz CT molecular complexity index is 326. The second-order valence-corrected chi connectivity index (χ2v) is 7.22. The molecule has 0 bridgehead atoms. The van der Waals surface area contributed by atoms with Crippen molar-refractivity contribution >= 4 is 6.09 Å². The maximum Gasteiger partial charge on any atom is 0.410 e. The van der Waals surface area contributed by atoms with E-state index in [0.717, 1.165) is 32.2 Å². The molecule has 0 aromatic carbocycles. The van der Waals surface area contributed by atoms with Gasteiger partial charge in [-0.2, -0.15) is 0 Å². The van der Waals surface area contributed by atoms with Crippen LogP contribution in [-0.2, 0) is 4.74 Å². The molecule has 0 aromatic rings. The van der Waals surface area contributed by atoms with Crippen LogP contribution in [0.25, 0.3) is 0 Å². The van der Waals surface area contributed by atoms with Gasteiger partial charge in [-0.25, -0.2) is 4.79 Å². The number of nitrogens with one attached hydrogen (secondary N) is 1. The molecule has 3 atom stereocenters. The van der Waals surface area contributed by atoms with Gasteiger partial charge >= 0.3 is 6.09 Å². The lowest BCUT2D eigenvalue weighted by molar-refractivity contribution is 0.00775. The summed E-state index contributed by atoms with van der Waals surface area (Å²) in [6.07, 6.45) is 3.58. The van der Waals surface area contributed by atoms with Crippen molar-refractivity contribution in [3.63, 3.8) is 0 Å². The number of carbonyl (C=O) groups is 1. The average Bonchev–Trinajstić information content (AvgIpc) is 2.35. The van der Waals surface area contributed by atoms with Crippen LogP contribution in [0.2, 0.25) is 0 Å². The smallest absolute Gasteiger partial charge is 0.410 e. The highest BCUT2D eigenvalue weighted by Crippen LogP contribution is 2.23. The van der Waals surface area contributed by atoms with Gasteiger partial charge in [-0.3, -0.25) is 0 Å². The van der Waals surface area contributed by atoms with Gasteiger partial charge in [-0.1, -0.05) is 0 Å². The fourth-order valence-electron chi connectivity index (χ4n) is 2.67. The molecule has 3 unspecified atom stereocenters. The van der Waals surface area contributed by atoms with Crippen molar-refractivity contribution in [3.8, 4) is 0 Å². The number of hydrogen-bond donors (Lipinski definition) is 2. The fourth-order valence-corrected chi connectivity index (χ4v) is 2.67. The number of ether oxygens (including phenoxy) is 1. The summed E-state index contributed by atoms with van der Waals surface area (Å²) < 4.78 is 5.51. The average molecular weight is 300 g/mol. The highest BCUT2D eigenvalue weighted by atomic mass is 16.6. The second kappa shape index (κ2) is 7.99. The Kier molecular flexibility index (Phi) is 6.94. The van der Waals surface area contributed by atoms with Crippen LogP contribution in [0, 0.1) is 0 Å². The fraction of sp³-hybridized carbons (Fsp3) is 0.938. The molecule has 1 saturated heterocycles. The third-order valence-corrected chi connectivity index (χ3v) is 3.64. The molecule has 1 aliphatic heterocycles. The summed E-state index contributed by atoms with van der Waals surface area (Å²) in [7, 11) is 0. The highest BCUT2D eigenvalue weighted by Gasteiger charge is 2.31. The first-order valence-electron chi connectivity index (χ1n) is 8.10. The van der Waals surface area contributed by atoms with Crippen LogP contribution < -0.4 is 5.32 Å². The Morgan fingerprint density at radius 3 is 2.62 bits per heavy atom. The second-order valence-electron chi connectivity index (χ2n) is 7.22. The molecule has 0 saturated carbocycles. The lowest BCUT2D eigenvalue weighted by Gasteiger charge is -2.38. The molecule has 1 fully saturated rings. The molecule has 5 nitrogen and oxygen atoms in total. The first-order valence-corrected chi connectivity index (χ1v) is 8.10. The molecular formula is C16H32N2O3. The Morgan fingerprint density at radius 2 is 2.05 bits per heavy atom. The van der Waals surface area contributed by atoms with E-state index in [1.54, 1.807) is 6.92 Å². The summed E-state index contributed by atoms with van der Waals surface area (Å²) in [5.74, 6) is 0. The lowest BCUT2D eigenvalue weighted by Crippen LogP contribution is -2.48. The maximum absolute atomic E-state index is 12.3. The maximum atomic E-state index is 12.3. The molecule has 124 valence electrons. The van der Waals surface area contributed by atoms with Crippen molar-refractivity contribution < 1.29 is 14.6 Å². The van der Waals surface area contributed by atoms with Crippen LogP contribution in [-0.4, -0.2) is 53.0 Å². The first-order chi connectivity index (χ1) is 9.69. The van der Waals surface area contributed by atoms with E-state index in [1.165, 1.54) is 0 Å². The minimum Gasteiger partial charge on any atom is -0.444 e. The molecule has 1 heterocycles. The number of hydrogen-bond acceptors (Lipinski definition) is 4. The van der Waals surface area contributed by atoms with Crippen LogP contribution in [0.15, 0.2) is 0 Å². The van der Waals surface area contributed by atoms with Gasteiger partial charge < -0.3 is 20.1 Å². The lowest BCUT2D eigenvalue weighted by atomic mass is 9.96. The van der Waals surface area contributed by atoms with Crippen LogP contribution in [0.5, 0.6) is 0 Å². The van der Waals surface area contributed by atoms with Crippen LogP contribution in [0.1, 0.15) is 60.3 Å². The van der Waals surface area contributed by atoms with E-state index >= 15 is 0 Å². The molecule has 0 aliphatic carbocycles. The van der Waals surface area contributed by atoms with Gasteiger partial charge in [0.25, 0.3) is 0 Å². The number of likely N-dealkylation sites (tertiary alicyclic amines) is 1. The van der Waals surface area contributed by atoms with Crippen LogP contribution in [0.3, 0.4) is 0 Å². The van der Waals surface area contributed by atoms with E-state index < -0.39 is 5.60 Å². The van der Waals surface area contributed by atoms with Crippen LogP contribution >= 0.6 is 0 Å². The zero-order chi connectivity index (χ0) is 16.0. The molecule has 1 aliphatic rings. The minimum atomic E-state index is -0.449. The van der Waals surface area contributed by atoms with Crippen molar-refractivity contribution in [3.05, 3.63) is 0 Å². The molecule has 5 heteroatoms. The van der Waals surface area contributed by atoms with E-state index in [9.17, 15) is 9.90 Å². The third kappa shape index (κ3) is 7.14. The summed E-state index contributed by atoms with van der Waals surface area (Å²) in [5.41, 5.74) is -0.449. The van der Waals surface area contributed by atoms with Crippen molar-refractivity contribution in [2.24, 2.45) is 0 Å². The summed E-state index contributed by atoms with van der Waals surface area (Å²) in [6.45, 7) is 10.9. The summed E-state index contributed by atoms with van der Waals surface area (Å²) in [4.78, 5) is 14.2. The normalized spacial score (nSPS) is 22.8. The Balaban J connectivity index is 2.54. The Hall–Kier alpha value is -0.810. The third-order valence-electron chi connectivity index (χ3n) is 3.64. The van der Waals surface area contributed by atoms with Gasteiger partial charge in [0.05, 0.1) is 6.10 Å². The van der Waals surface area contributed by atoms with E-state index in [2.05, 4.69) is 12.2 Å². The zero-order valence-corrected chi connectivity index (χ0v) is 14.2. The number of piperidine rings is 1.